The summed E-state index contributed by atoms with van der Waals surface area (Å²) in [6.45, 7) is 4.28. The minimum absolute atomic E-state index is 0.0236. The van der Waals surface area contributed by atoms with Crippen LogP contribution in [-0.4, -0.2) is 120 Å². The molecule has 17 heteroatoms. The van der Waals surface area contributed by atoms with Crippen molar-refractivity contribution in [2.24, 2.45) is 0 Å². The Balaban J connectivity index is 1.27. The van der Waals surface area contributed by atoms with Gasteiger partial charge in [0.1, 0.15) is 18.6 Å². The van der Waals surface area contributed by atoms with Gasteiger partial charge < -0.3 is 30.4 Å². The number of amides is 3. The molecule has 2 aromatic carbocycles. The molecule has 2 atom stereocenters. The fraction of sp³-hybridized carbons (Fsp3) is 0.583. The van der Waals surface area contributed by atoms with E-state index in [0.717, 1.165) is 44.6 Å². The van der Waals surface area contributed by atoms with E-state index in [0.29, 0.717) is 62.6 Å². The molecule has 0 aliphatic carbocycles. The average molecular weight is 754 g/mol. The molecule has 3 amide bonds. The van der Waals surface area contributed by atoms with Crippen molar-refractivity contribution < 1.29 is 45.5 Å². The van der Waals surface area contributed by atoms with E-state index in [4.69, 9.17) is 10.5 Å². The van der Waals surface area contributed by atoms with E-state index in [-0.39, 0.29) is 25.4 Å². The number of hydrogen-bond acceptors (Lipinski definition) is 8. The molecule has 290 valence electrons. The van der Waals surface area contributed by atoms with Crippen molar-refractivity contribution in [2.45, 2.75) is 75.2 Å². The van der Waals surface area contributed by atoms with Crippen LogP contribution in [0.4, 0.5) is 47.3 Å². The molecule has 0 unspecified atom stereocenters. The molecule has 0 bridgehead atoms. The zero-order valence-corrected chi connectivity index (χ0v) is 29.5. The van der Waals surface area contributed by atoms with E-state index in [1.54, 1.807) is 4.90 Å². The van der Waals surface area contributed by atoms with Crippen LogP contribution in [0, 0.1) is 0 Å². The molecule has 3 N–H and O–H groups in total. The molecular formula is C36H45F6N7O4. The Morgan fingerprint density at radius 1 is 0.925 bits per heavy atom. The summed E-state index contributed by atoms with van der Waals surface area (Å²) in [6.07, 6.45) is -8.24. The predicted octanol–water partition coefficient (Wildman–Crippen LogP) is 5.49. The number of piperazine rings is 1. The van der Waals surface area contributed by atoms with Gasteiger partial charge >= 0.3 is 24.5 Å². The number of para-hydroxylation sites is 1. The summed E-state index contributed by atoms with van der Waals surface area (Å²) in [5, 5.41) is 2.98. The molecule has 4 aliphatic rings. The van der Waals surface area contributed by atoms with E-state index in [1.165, 1.54) is 4.90 Å². The summed E-state index contributed by atoms with van der Waals surface area (Å²) >= 11 is 0. The van der Waals surface area contributed by atoms with Gasteiger partial charge in [-0.05, 0) is 62.1 Å². The SMILES string of the molecule is CN1CCN(C2CCN([C@]3(CC=O)C[C@H](N4CCc5ccccc5NC4=O)CCN3C(=O)OCc3cc(C(F)(F)F)c(N)c(C(F)(F)F)c3)CC2)CC1. The molecule has 4 heterocycles. The topological polar surface area (TPSA) is 115 Å². The maximum Gasteiger partial charge on any atom is 0.418 e. The summed E-state index contributed by atoms with van der Waals surface area (Å²) < 4.78 is 87.8. The Morgan fingerprint density at radius 2 is 1.55 bits per heavy atom. The largest absolute Gasteiger partial charge is 0.445 e. The highest BCUT2D eigenvalue weighted by Gasteiger charge is 2.52. The van der Waals surface area contributed by atoms with Gasteiger partial charge in [-0.15, -0.1) is 0 Å². The number of fused-ring (bicyclic) bond motifs is 1. The smallest absolute Gasteiger partial charge is 0.418 e. The van der Waals surface area contributed by atoms with Crippen LogP contribution in [0.5, 0.6) is 0 Å². The highest BCUT2D eigenvalue weighted by Crippen LogP contribution is 2.43. The minimum Gasteiger partial charge on any atom is -0.445 e. The van der Waals surface area contributed by atoms with Crippen LogP contribution in [0.2, 0.25) is 0 Å². The van der Waals surface area contributed by atoms with Gasteiger partial charge in [-0.25, -0.2) is 9.59 Å². The number of nitrogens with two attached hydrogens (primary N) is 1. The lowest BCUT2D eigenvalue weighted by Crippen LogP contribution is -2.70. The van der Waals surface area contributed by atoms with Crippen molar-refractivity contribution in [2.75, 3.05) is 70.5 Å². The number of carbonyl (C=O) groups is 3. The van der Waals surface area contributed by atoms with Crippen molar-refractivity contribution in [3.05, 3.63) is 58.7 Å². The fourth-order valence-corrected chi connectivity index (χ4v) is 8.42. The third-order valence-electron chi connectivity index (χ3n) is 11.3. The highest BCUT2D eigenvalue weighted by atomic mass is 19.4. The fourth-order valence-electron chi connectivity index (χ4n) is 8.42. The first kappa shape index (κ1) is 38.6. The Kier molecular flexibility index (Phi) is 11.2. The maximum absolute atomic E-state index is 14.0. The number of aldehydes is 1. The zero-order chi connectivity index (χ0) is 38.1. The van der Waals surface area contributed by atoms with Gasteiger partial charge in [0.2, 0.25) is 0 Å². The number of likely N-dealkylation sites (tertiary alicyclic amines) is 2. The van der Waals surface area contributed by atoms with Crippen LogP contribution in [0.3, 0.4) is 0 Å². The lowest BCUT2D eigenvalue weighted by atomic mass is 9.84. The van der Waals surface area contributed by atoms with Crippen molar-refractivity contribution >= 4 is 29.8 Å². The lowest BCUT2D eigenvalue weighted by Gasteiger charge is -2.57. The number of ether oxygens (including phenoxy) is 1. The molecule has 0 saturated carbocycles. The summed E-state index contributed by atoms with van der Waals surface area (Å²) in [5.74, 6) is 0. The monoisotopic (exact) mass is 753 g/mol. The number of anilines is 2. The zero-order valence-electron chi connectivity index (χ0n) is 29.5. The van der Waals surface area contributed by atoms with Gasteiger partial charge in [-0.3, -0.25) is 14.7 Å². The van der Waals surface area contributed by atoms with Gasteiger partial charge in [-0.1, -0.05) is 18.2 Å². The van der Waals surface area contributed by atoms with Gasteiger partial charge in [0.05, 0.1) is 16.8 Å². The number of piperidine rings is 2. The second-order valence-electron chi connectivity index (χ2n) is 14.4. The molecule has 6 rings (SSSR count). The van der Waals surface area contributed by atoms with Gasteiger partial charge in [-0.2, -0.15) is 26.3 Å². The first-order chi connectivity index (χ1) is 25.1. The second kappa shape index (κ2) is 15.3. The van der Waals surface area contributed by atoms with Gasteiger partial charge in [0.25, 0.3) is 0 Å². The third-order valence-corrected chi connectivity index (χ3v) is 11.3. The van der Waals surface area contributed by atoms with Crippen LogP contribution < -0.4 is 11.1 Å². The molecule has 2 aromatic rings. The van der Waals surface area contributed by atoms with E-state index in [2.05, 4.69) is 27.1 Å². The first-order valence-electron chi connectivity index (χ1n) is 17.9. The number of nitrogens with zero attached hydrogens (tertiary/aromatic N) is 5. The maximum atomic E-state index is 14.0. The molecule has 53 heavy (non-hydrogen) atoms. The Labute approximate surface area is 304 Å². The van der Waals surface area contributed by atoms with E-state index in [9.17, 15) is 40.7 Å². The average Bonchev–Trinajstić information content (AvgIpc) is 3.28. The lowest BCUT2D eigenvalue weighted by molar-refractivity contribution is -0.141. The summed E-state index contributed by atoms with van der Waals surface area (Å²) in [6, 6.07) is 7.96. The van der Waals surface area contributed by atoms with E-state index >= 15 is 0 Å². The van der Waals surface area contributed by atoms with Crippen molar-refractivity contribution in [3.8, 4) is 0 Å². The Morgan fingerprint density at radius 3 is 2.17 bits per heavy atom. The first-order valence-corrected chi connectivity index (χ1v) is 17.9. The van der Waals surface area contributed by atoms with Crippen LogP contribution in [0.25, 0.3) is 0 Å². The minimum atomic E-state index is -5.19. The van der Waals surface area contributed by atoms with Crippen molar-refractivity contribution in [1.29, 1.82) is 0 Å². The Hall–Kier alpha value is -4.09. The summed E-state index contributed by atoms with van der Waals surface area (Å²) in [4.78, 5) is 50.0. The van der Waals surface area contributed by atoms with Gasteiger partial charge in [0, 0.05) is 83.0 Å². The number of carbonyl (C=O) groups excluding carboxylic acids is 3. The number of alkyl halides is 6. The molecule has 0 spiro atoms. The van der Waals surface area contributed by atoms with Crippen molar-refractivity contribution in [3.63, 3.8) is 0 Å². The number of benzene rings is 2. The number of likely N-dealkylation sites (N-methyl/N-ethyl adjacent to an activating group) is 1. The van der Waals surface area contributed by atoms with Crippen LogP contribution >= 0.6 is 0 Å². The molecule has 11 nitrogen and oxygen atoms in total. The third kappa shape index (κ3) is 8.21. The number of rotatable bonds is 7. The Bertz CT molecular complexity index is 1620. The standard InChI is InChI=1S/C36H45F6N7O4/c1-45-15-17-46(18-16-45)26-7-11-47(12-8-26)34(10-19-50)22-27(48-13-6-25-4-2-3-5-30(25)44-32(48)51)9-14-49(34)33(52)53-23-24-20-28(35(37,38)39)31(43)29(21-24)36(40,41)42/h2-5,19-21,26-27H,6-18,22-23,43H2,1H3,(H,44,51)/t27-,34+/m1/s1. The molecular weight excluding hydrogens is 708 g/mol. The highest BCUT2D eigenvalue weighted by molar-refractivity contribution is 5.91. The second-order valence-corrected chi connectivity index (χ2v) is 14.4. The van der Waals surface area contributed by atoms with Crippen molar-refractivity contribution in [1.82, 2.24) is 24.5 Å². The number of hydrogen-bond donors (Lipinski definition) is 2. The summed E-state index contributed by atoms with van der Waals surface area (Å²) in [7, 11) is 2.08. The number of nitrogen functional groups attached to an aromatic ring is 1. The number of halogens is 6. The molecule has 4 aliphatic heterocycles. The van der Waals surface area contributed by atoms with E-state index in [1.807, 2.05) is 24.3 Å². The van der Waals surface area contributed by atoms with Gasteiger partial charge in [0.15, 0.2) is 0 Å². The van der Waals surface area contributed by atoms with Crippen LogP contribution in [-0.2, 0) is 34.9 Å². The molecule has 3 fully saturated rings. The number of urea groups is 1. The van der Waals surface area contributed by atoms with Crippen LogP contribution in [0.15, 0.2) is 36.4 Å². The number of nitrogens with one attached hydrogen (secondary N) is 1. The summed E-state index contributed by atoms with van der Waals surface area (Å²) in [5.41, 5.74) is 0.323. The van der Waals surface area contributed by atoms with Crippen LogP contribution in [0.1, 0.15) is 54.4 Å². The normalized spacial score (nSPS) is 24.4. The molecule has 3 saturated heterocycles. The van der Waals surface area contributed by atoms with E-state index < -0.39 is 59.1 Å². The predicted molar refractivity (Wildman–Crippen MR) is 184 cm³/mol. The quantitative estimate of drug-likeness (QED) is 0.217. The molecule has 0 radical (unpaired) electrons. The molecule has 0 aromatic heterocycles.